The van der Waals surface area contributed by atoms with Crippen molar-refractivity contribution in [3.05, 3.63) is 23.5 Å². The zero-order chi connectivity index (χ0) is 16.9. The monoisotopic (exact) mass is 371 g/mol. The molecule has 2 aliphatic heterocycles. The van der Waals surface area contributed by atoms with Crippen molar-refractivity contribution in [2.45, 2.75) is 11.3 Å². The molecule has 9 heteroatoms. The minimum absolute atomic E-state index is 0.0720. The van der Waals surface area contributed by atoms with Gasteiger partial charge in [-0.2, -0.15) is 4.31 Å². The summed E-state index contributed by atoms with van der Waals surface area (Å²) in [5, 5.41) is 0.247. The minimum Gasteiger partial charge on any atom is -0.378 e. The maximum atomic E-state index is 12.8. The first-order valence-electron chi connectivity index (χ1n) is 7.92. The van der Waals surface area contributed by atoms with Gasteiger partial charge in [-0.1, -0.05) is 11.6 Å². The molecule has 0 spiro atoms. The molecule has 1 aromatic heterocycles. The van der Waals surface area contributed by atoms with Crippen molar-refractivity contribution in [1.82, 2.24) is 14.2 Å². The zero-order valence-electron chi connectivity index (χ0n) is 13.0. The lowest BCUT2D eigenvalue weighted by atomic mass is 10.0. The molecule has 0 bridgehead atoms. The summed E-state index contributed by atoms with van der Waals surface area (Å²) in [6.45, 7) is 2.90. The number of aromatic nitrogens is 1. The third-order valence-electron chi connectivity index (χ3n) is 5.18. The summed E-state index contributed by atoms with van der Waals surface area (Å²) in [4.78, 5) is 18.6. The molecular formula is C15H18ClN3O4S. The molecule has 1 aliphatic carbocycles. The summed E-state index contributed by atoms with van der Waals surface area (Å²) in [6.07, 6.45) is 2.03. The maximum absolute atomic E-state index is 12.8. The van der Waals surface area contributed by atoms with Gasteiger partial charge in [-0.15, -0.1) is 0 Å². The lowest BCUT2D eigenvalue weighted by Gasteiger charge is -2.30. The molecule has 0 radical (unpaired) electrons. The Morgan fingerprint density at radius 1 is 1.33 bits per heavy atom. The van der Waals surface area contributed by atoms with Crippen LogP contribution in [0.25, 0.3) is 0 Å². The van der Waals surface area contributed by atoms with E-state index in [1.807, 2.05) is 4.90 Å². The number of nitrogens with zero attached hydrogens (tertiary/aromatic N) is 3. The number of morpholine rings is 1. The van der Waals surface area contributed by atoms with Crippen LogP contribution in [0.3, 0.4) is 0 Å². The topological polar surface area (TPSA) is 79.8 Å². The van der Waals surface area contributed by atoms with Crippen LogP contribution in [0.4, 0.5) is 0 Å². The van der Waals surface area contributed by atoms with Gasteiger partial charge in [0.15, 0.2) is 0 Å². The van der Waals surface area contributed by atoms with Crippen molar-refractivity contribution in [2.75, 3.05) is 39.4 Å². The van der Waals surface area contributed by atoms with Gasteiger partial charge >= 0.3 is 0 Å². The summed E-state index contributed by atoms with van der Waals surface area (Å²) >= 11 is 5.72. The largest absolute Gasteiger partial charge is 0.378 e. The molecule has 4 rings (SSSR count). The summed E-state index contributed by atoms with van der Waals surface area (Å²) in [5.41, 5.74) is -0.537. The molecule has 7 nitrogen and oxygen atoms in total. The summed E-state index contributed by atoms with van der Waals surface area (Å²) in [6, 6.07) is 2.91. The van der Waals surface area contributed by atoms with E-state index in [0.717, 1.165) is 6.42 Å². The van der Waals surface area contributed by atoms with Crippen molar-refractivity contribution >= 4 is 27.5 Å². The lowest BCUT2D eigenvalue weighted by Crippen LogP contribution is -2.46. The number of hydrogen-bond acceptors (Lipinski definition) is 5. The SMILES string of the molecule is O=C(N1CCOCC1)[C@@]12C[C@@H]1CN(S(=O)(=O)c1ccc(Cl)nc1)C2. The van der Waals surface area contributed by atoms with Gasteiger partial charge in [-0.3, -0.25) is 4.79 Å². The molecule has 1 saturated carbocycles. The van der Waals surface area contributed by atoms with Gasteiger partial charge in [0, 0.05) is 32.4 Å². The minimum atomic E-state index is -3.64. The van der Waals surface area contributed by atoms with Crippen molar-refractivity contribution in [1.29, 1.82) is 0 Å². The van der Waals surface area contributed by atoms with Crippen LogP contribution in [-0.4, -0.2) is 67.9 Å². The van der Waals surface area contributed by atoms with Crippen LogP contribution in [0.5, 0.6) is 0 Å². The molecule has 3 aliphatic rings. The van der Waals surface area contributed by atoms with Crippen molar-refractivity contribution in [3.63, 3.8) is 0 Å². The predicted molar refractivity (Wildman–Crippen MR) is 85.9 cm³/mol. The molecule has 0 unspecified atom stereocenters. The van der Waals surface area contributed by atoms with Crippen LogP contribution in [0, 0.1) is 11.3 Å². The van der Waals surface area contributed by atoms with E-state index in [9.17, 15) is 13.2 Å². The first-order chi connectivity index (χ1) is 11.4. The number of piperidine rings is 1. The highest BCUT2D eigenvalue weighted by Crippen LogP contribution is 2.59. The highest BCUT2D eigenvalue weighted by Gasteiger charge is 2.67. The van der Waals surface area contributed by atoms with Crippen molar-refractivity contribution in [3.8, 4) is 0 Å². The number of carbonyl (C=O) groups is 1. The Labute approximate surface area is 145 Å². The fourth-order valence-electron chi connectivity index (χ4n) is 3.70. The molecule has 3 heterocycles. The summed E-state index contributed by atoms with van der Waals surface area (Å²) in [7, 11) is -3.64. The van der Waals surface area contributed by atoms with E-state index in [0.29, 0.717) is 32.8 Å². The highest BCUT2D eigenvalue weighted by molar-refractivity contribution is 7.89. The normalized spacial score (nSPS) is 30.2. The Morgan fingerprint density at radius 3 is 2.75 bits per heavy atom. The zero-order valence-corrected chi connectivity index (χ0v) is 14.6. The Morgan fingerprint density at radius 2 is 2.08 bits per heavy atom. The van der Waals surface area contributed by atoms with E-state index < -0.39 is 15.4 Å². The van der Waals surface area contributed by atoms with Crippen LogP contribution in [0.15, 0.2) is 23.2 Å². The Kier molecular flexibility index (Phi) is 3.83. The fraction of sp³-hybridized carbons (Fsp3) is 0.600. The second-order valence-electron chi connectivity index (χ2n) is 6.58. The number of pyridine rings is 1. The molecule has 1 aromatic rings. The number of sulfonamides is 1. The molecule has 0 aromatic carbocycles. The van der Waals surface area contributed by atoms with Crippen LogP contribution < -0.4 is 0 Å². The standard InChI is InChI=1S/C15H18ClN3O4S/c16-13-2-1-12(8-17-13)24(21,22)19-9-11-7-15(11,10-19)14(20)18-3-5-23-6-4-18/h1-2,8,11H,3-7,9-10H2/t11-,15-/m1/s1. The van der Waals surface area contributed by atoms with Gasteiger partial charge in [-0.05, 0) is 24.5 Å². The van der Waals surface area contributed by atoms with E-state index in [-0.39, 0.29) is 28.4 Å². The van der Waals surface area contributed by atoms with E-state index in [4.69, 9.17) is 16.3 Å². The van der Waals surface area contributed by atoms with E-state index in [2.05, 4.69) is 4.98 Å². The smallest absolute Gasteiger partial charge is 0.244 e. The van der Waals surface area contributed by atoms with E-state index in [1.165, 1.54) is 22.6 Å². The highest BCUT2D eigenvalue weighted by atomic mass is 35.5. The number of hydrogen-bond donors (Lipinski definition) is 0. The average Bonchev–Trinajstić information content (AvgIpc) is 3.16. The van der Waals surface area contributed by atoms with Gasteiger partial charge in [-0.25, -0.2) is 13.4 Å². The van der Waals surface area contributed by atoms with Gasteiger partial charge in [0.1, 0.15) is 10.0 Å². The number of amides is 1. The Hall–Kier alpha value is -1.22. The second-order valence-corrected chi connectivity index (χ2v) is 8.90. The van der Waals surface area contributed by atoms with Crippen LogP contribution in [-0.2, 0) is 19.6 Å². The number of carbonyl (C=O) groups excluding carboxylic acids is 1. The van der Waals surface area contributed by atoms with Gasteiger partial charge in [0.2, 0.25) is 15.9 Å². The average molecular weight is 372 g/mol. The quantitative estimate of drug-likeness (QED) is 0.727. The summed E-state index contributed by atoms with van der Waals surface area (Å²) < 4.78 is 32.2. The van der Waals surface area contributed by atoms with Crippen molar-refractivity contribution < 1.29 is 17.9 Å². The summed E-state index contributed by atoms with van der Waals surface area (Å²) in [5.74, 6) is 0.186. The second kappa shape index (κ2) is 5.66. The number of ether oxygens (including phenoxy) is 1. The number of rotatable bonds is 3. The predicted octanol–water partition coefficient (Wildman–Crippen LogP) is 0.604. The number of halogens is 1. The molecule has 1 amide bonds. The number of fused-ring (bicyclic) bond motifs is 1. The first-order valence-corrected chi connectivity index (χ1v) is 9.74. The third-order valence-corrected chi connectivity index (χ3v) is 7.20. The molecule has 24 heavy (non-hydrogen) atoms. The molecular weight excluding hydrogens is 354 g/mol. The van der Waals surface area contributed by atoms with Crippen molar-refractivity contribution in [2.24, 2.45) is 11.3 Å². The fourth-order valence-corrected chi connectivity index (χ4v) is 5.31. The van der Waals surface area contributed by atoms with Gasteiger partial charge in [0.05, 0.1) is 18.6 Å². The first kappa shape index (κ1) is 16.3. The van der Waals surface area contributed by atoms with Gasteiger partial charge in [0.25, 0.3) is 0 Å². The lowest BCUT2D eigenvalue weighted by molar-refractivity contribution is -0.141. The molecule has 0 N–H and O–H groups in total. The van der Waals surface area contributed by atoms with Crippen LogP contribution in [0.1, 0.15) is 6.42 Å². The molecule has 3 fully saturated rings. The molecule has 130 valence electrons. The van der Waals surface area contributed by atoms with Crippen LogP contribution >= 0.6 is 11.6 Å². The maximum Gasteiger partial charge on any atom is 0.244 e. The van der Waals surface area contributed by atoms with E-state index >= 15 is 0 Å². The van der Waals surface area contributed by atoms with Crippen LogP contribution in [0.2, 0.25) is 5.15 Å². The van der Waals surface area contributed by atoms with E-state index in [1.54, 1.807) is 0 Å². The molecule has 2 saturated heterocycles. The third kappa shape index (κ3) is 2.52. The Balaban J connectivity index is 1.52. The van der Waals surface area contributed by atoms with Gasteiger partial charge < -0.3 is 9.64 Å². The molecule has 2 atom stereocenters. The Bertz CT molecular complexity index is 763.